The molecular formula is C14H20O. The molecule has 0 spiro atoms. The average molecular weight is 204 g/mol. The lowest BCUT2D eigenvalue weighted by Gasteiger charge is -2.27. The minimum absolute atomic E-state index is 0.164. The molecule has 0 saturated heterocycles. The number of aryl methyl sites for hydroxylation is 1. The molecule has 0 amide bonds. The minimum atomic E-state index is -0.164. The van der Waals surface area contributed by atoms with Crippen molar-refractivity contribution in [2.24, 2.45) is 0 Å². The first-order chi connectivity index (χ1) is 7.07. The number of ether oxygens (including phenoxy) is 1. The van der Waals surface area contributed by atoms with Crippen molar-refractivity contribution in [3.05, 3.63) is 35.4 Å². The van der Waals surface area contributed by atoms with E-state index in [-0.39, 0.29) is 5.60 Å². The second kappa shape index (κ2) is 4.52. The summed E-state index contributed by atoms with van der Waals surface area (Å²) in [5.74, 6) is 0.984. The normalized spacial score (nSPS) is 15.8. The molecule has 1 aromatic rings. The second-order valence-electron chi connectivity index (χ2n) is 4.08. The fourth-order valence-corrected chi connectivity index (χ4v) is 1.50. The van der Waals surface area contributed by atoms with Gasteiger partial charge < -0.3 is 4.74 Å². The Morgan fingerprint density at radius 2 is 1.80 bits per heavy atom. The molecule has 1 aliphatic heterocycles. The lowest BCUT2D eigenvalue weighted by molar-refractivity contribution is 0.159. The van der Waals surface area contributed by atoms with Crippen LogP contribution in [0.4, 0.5) is 0 Å². The summed E-state index contributed by atoms with van der Waals surface area (Å²) < 4.78 is 5.79. The van der Waals surface area contributed by atoms with E-state index in [2.05, 4.69) is 45.1 Å². The van der Waals surface area contributed by atoms with Crippen LogP contribution in [0.2, 0.25) is 0 Å². The van der Waals surface area contributed by atoms with Gasteiger partial charge in [0, 0.05) is 5.56 Å². The summed E-state index contributed by atoms with van der Waals surface area (Å²) in [6, 6.07) is 6.26. The van der Waals surface area contributed by atoms with Crippen LogP contribution in [0, 0.1) is 6.92 Å². The average Bonchev–Trinajstić information content (AvgIpc) is 2.21. The molecular weight excluding hydrogens is 184 g/mol. The summed E-state index contributed by atoms with van der Waals surface area (Å²) in [6.45, 7) is 10.2. The lowest BCUT2D eigenvalue weighted by atomic mass is 10.0. The van der Waals surface area contributed by atoms with Gasteiger partial charge in [0.15, 0.2) is 0 Å². The third kappa shape index (κ3) is 2.85. The first-order valence-corrected chi connectivity index (χ1v) is 5.56. The van der Waals surface area contributed by atoms with Crippen molar-refractivity contribution in [1.82, 2.24) is 0 Å². The topological polar surface area (TPSA) is 9.23 Å². The van der Waals surface area contributed by atoms with Crippen molar-refractivity contribution < 1.29 is 4.74 Å². The molecule has 0 bridgehead atoms. The van der Waals surface area contributed by atoms with Crippen LogP contribution in [0.5, 0.6) is 5.75 Å². The van der Waals surface area contributed by atoms with Gasteiger partial charge in [-0.15, -0.1) is 0 Å². The van der Waals surface area contributed by atoms with Gasteiger partial charge in [-0.25, -0.2) is 0 Å². The van der Waals surface area contributed by atoms with Gasteiger partial charge in [0.25, 0.3) is 0 Å². The fraction of sp³-hybridized carbons (Fsp3) is 0.429. The molecule has 0 radical (unpaired) electrons. The zero-order valence-electron chi connectivity index (χ0n) is 10.3. The predicted octanol–water partition coefficient (Wildman–Crippen LogP) is 4.21. The smallest absolute Gasteiger partial charge is 0.127 e. The Morgan fingerprint density at radius 1 is 1.13 bits per heavy atom. The zero-order chi connectivity index (χ0) is 11.5. The Labute approximate surface area is 92.8 Å². The zero-order valence-corrected chi connectivity index (χ0v) is 10.3. The summed E-state index contributed by atoms with van der Waals surface area (Å²) in [7, 11) is 0. The van der Waals surface area contributed by atoms with Crippen molar-refractivity contribution >= 4 is 6.08 Å². The van der Waals surface area contributed by atoms with Gasteiger partial charge in [-0.2, -0.15) is 0 Å². The quantitative estimate of drug-likeness (QED) is 0.615. The molecule has 2 rings (SSSR count). The summed E-state index contributed by atoms with van der Waals surface area (Å²) in [5.41, 5.74) is 2.29. The van der Waals surface area contributed by atoms with Gasteiger partial charge in [-0.1, -0.05) is 31.6 Å². The Hall–Kier alpha value is -1.24. The first-order valence-electron chi connectivity index (χ1n) is 5.56. The molecule has 1 nitrogen and oxygen atoms in total. The Bertz CT molecular complexity index is 362. The van der Waals surface area contributed by atoms with E-state index >= 15 is 0 Å². The standard InChI is InChI=1S/C12H14O.C2H6/c1-9-4-5-11-10(8-9)6-7-12(2,3)13-11;1-2/h4-8H,1-3H3;1-2H3. The maximum Gasteiger partial charge on any atom is 0.127 e. The highest BCUT2D eigenvalue weighted by molar-refractivity contribution is 5.61. The van der Waals surface area contributed by atoms with Crippen molar-refractivity contribution in [2.75, 3.05) is 0 Å². The van der Waals surface area contributed by atoms with E-state index in [4.69, 9.17) is 4.74 Å². The van der Waals surface area contributed by atoms with Crippen LogP contribution in [-0.4, -0.2) is 5.60 Å². The Balaban J connectivity index is 0.000000531. The Kier molecular flexibility index (Phi) is 3.57. The van der Waals surface area contributed by atoms with Crippen molar-refractivity contribution in [1.29, 1.82) is 0 Å². The maximum absolute atomic E-state index is 5.79. The van der Waals surface area contributed by atoms with E-state index in [1.54, 1.807) is 0 Å². The number of benzene rings is 1. The van der Waals surface area contributed by atoms with Crippen molar-refractivity contribution in [3.8, 4) is 5.75 Å². The van der Waals surface area contributed by atoms with Gasteiger partial charge in [0.1, 0.15) is 11.4 Å². The van der Waals surface area contributed by atoms with Gasteiger partial charge in [0.05, 0.1) is 0 Å². The number of rotatable bonds is 0. The van der Waals surface area contributed by atoms with E-state index in [0.29, 0.717) is 0 Å². The molecule has 0 aliphatic carbocycles. The van der Waals surface area contributed by atoms with E-state index in [9.17, 15) is 0 Å². The number of hydrogen-bond acceptors (Lipinski definition) is 1. The molecule has 0 fully saturated rings. The SMILES string of the molecule is CC.Cc1ccc2c(c1)C=CC(C)(C)O2. The largest absolute Gasteiger partial charge is 0.483 e. The molecule has 1 aliphatic rings. The predicted molar refractivity (Wildman–Crippen MR) is 66.3 cm³/mol. The van der Waals surface area contributed by atoms with Crippen LogP contribution in [0.25, 0.3) is 6.08 Å². The molecule has 15 heavy (non-hydrogen) atoms. The molecule has 0 saturated carbocycles. The molecule has 1 heteroatoms. The summed E-state index contributed by atoms with van der Waals surface area (Å²) in [5, 5.41) is 0. The molecule has 0 aromatic heterocycles. The molecule has 82 valence electrons. The first kappa shape index (κ1) is 11.8. The van der Waals surface area contributed by atoms with Gasteiger partial charge in [0.2, 0.25) is 0 Å². The lowest BCUT2D eigenvalue weighted by Crippen LogP contribution is -2.27. The maximum atomic E-state index is 5.79. The van der Waals surface area contributed by atoms with Crippen molar-refractivity contribution in [3.63, 3.8) is 0 Å². The second-order valence-corrected chi connectivity index (χ2v) is 4.08. The highest BCUT2D eigenvalue weighted by atomic mass is 16.5. The number of fused-ring (bicyclic) bond motifs is 1. The van der Waals surface area contributed by atoms with Crippen LogP contribution < -0.4 is 4.74 Å². The van der Waals surface area contributed by atoms with Crippen LogP contribution in [0.15, 0.2) is 24.3 Å². The molecule has 0 N–H and O–H groups in total. The highest BCUT2D eigenvalue weighted by Crippen LogP contribution is 2.30. The van der Waals surface area contributed by atoms with Gasteiger partial charge in [-0.05, 0) is 39.0 Å². The van der Waals surface area contributed by atoms with E-state index in [0.717, 1.165) is 5.75 Å². The van der Waals surface area contributed by atoms with Crippen LogP contribution in [-0.2, 0) is 0 Å². The Morgan fingerprint density at radius 3 is 2.47 bits per heavy atom. The van der Waals surface area contributed by atoms with Gasteiger partial charge >= 0.3 is 0 Å². The molecule has 1 aromatic carbocycles. The number of hydrogen-bond donors (Lipinski definition) is 0. The van der Waals surface area contributed by atoms with E-state index in [1.165, 1.54) is 11.1 Å². The third-order valence-electron chi connectivity index (χ3n) is 2.20. The van der Waals surface area contributed by atoms with E-state index in [1.807, 2.05) is 19.9 Å². The highest BCUT2D eigenvalue weighted by Gasteiger charge is 2.20. The summed E-state index contributed by atoms with van der Waals surface area (Å²) >= 11 is 0. The summed E-state index contributed by atoms with van der Waals surface area (Å²) in [6.07, 6.45) is 4.22. The fourth-order valence-electron chi connectivity index (χ4n) is 1.50. The van der Waals surface area contributed by atoms with Crippen LogP contribution >= 0.6 is 0 Å². The van der Waals surface area contributed by atoms with Crippen LogP contribution in [0.3, 0.4) is 0 Å². The molecule has 0 atom stereocenters. The van der Waals surface area contributed by atoms with Crippen LogP contribution in [0.1, 0.15) is 38.8 Å². The monoisotopic (exact) mass is 204 g/mol. The minimum Gasteiger partial charge on any atom is -0.483 e. The molecule has 0 unspecified atom stereocenters. The third-order valence-corrected chi connectivity index (χ3v) is 2.20. The van der Waals surface area contributed by atoms with E-state index < -0.39 is 0 Å². The van der Waals surface area contributed by atoms with Crippen molar-refractivity contribution in [2.45, 2.75) is 40.2 Å². The molecule has 1 heterocycles. The van der Waals surface area contributed by atoms with Gasteiger partial charge in [-0.3, -0.25) is 0 Å². The summed E-state index contributed by atoms with van der Waals surface area (Å²) in [4.78, 5) is 0.